The Hall–Kier alpha value is -3.42. The van der Waals surface area contributed by atoms with Crippen molar-refractivity contribution in [1.29, 1.82) is 0 Å². The van der Waals surface area contributed by atoms with Crippen molar-refractivity contribution in [2.45, 2.75) is 37.3 Å². The summed E-state index contributed by atoms with van der Waals surface area (Å²) in [4.78, 5) is 33.4. The number of nitrogens with zero attached hydrogens (tertiary/aromatic N) is 3. The van der Waals surface area contributed by atoms with Crippen molar-refractivity contribution in [2.24, 2.45) is 0 Å². The number of oxazole rings is 1. The van der Waals surface area contributed by atoms with Crippen LogP contribution in [0.5, 0.6) is 0 Å². The zero-order valence-corrected chi connectivity index (χ0v) is 15.0. The van der Waals surface area contributed by atoms with E-state index in [-0.39, 0.29) is 23.2 Å². The second kappa shape index (κ2) is 6.05. The SMILES string of the molecule is O=C(O)C1CC2(CC2)c2ncc(NCc3coc(-c4ccccc4)n3)c(=O)n21. The van der Waals surface area contributed by atoms with Crippen LogP contribution in [0.2, 0.25) is 0 Å². The predicted molar refractivity (Wildman–Crippen MR) is 100.0 cm³/mol. The summed E-state index contributed by atoms with van der Waals surface area (Å²) < 4.78 is 6.84. The van der Waals surface area contributed by atoms with Crippen LogP contribution in [0.4, 0.5) is 5.69 Å². The molecule has 3 aromatic rings. The van der Waals surface area contributed by atoms with Gasteiger partial charge in [0.1, 0.15) is 23.8 Å². The minimum atomic E-state index is -0.991. The molecule has 1 aliphatic heterocycles. The molecule has 1 unspecified atom stereocenters. The summed E-state index contributed by atoms with van der Waals surface area (Å²) in [6.45, 7) is 0.273. The standard InChI is InChI=1S/C20H18N4O4/c25-17-14(10-22-19-20(6-7-20)8-15(18(26)27)24(17)19)21-9-13-11-28-16(23-13)12-4-2-1-3-5-12/h1-5,10-11,15,21H,6-9H2,(H,26,27). The Bertz CT molecular complexity index is 1110. The van der Waals surface area contributed by atoms with Gasteiger partial charge in [0, 0.05) is 11.0 Å². The minimum Gasteiger partial charge on any atom is -0.480 e. The average Bonchev–Trinajstić information content (AvgIpc) is 3.18. The fourth-order valence-corrected chi connectivity index (χ4v) is 3.89. The third kappa shape index (κ3) is 2.60. The summed E-state index contributed by atoms with van der Waals surface area (Å²) in [7, 11) is 0. The molecule has 1 saturated carbocycles. The molecule has 1 atom stereocenters. The zero-order valence-electron chi connectivity index (χ0n) is 15.0. The van der Waals surface area contributed by atoms with Gasteiger partial charge in [-0.3, -0.25) is 9.36 Å². The first-order chi connectivity index (χ1) is 13.6. The Morgan fingerprint density at radius 1 is 1.32 bits per heavy atom. The fourth-order valence-electron chi connectivity index (χ4n) is 3.89. The molecule has 0 saturated heterocycles. The molecule has 0 amide bonds. The lowest BCUT2D eigenvalue weighted by Gasteiger charge is -2.11. The highest BCUT2D eigenvalue weighted by molar-refractivity contribution is 5.73. The summed E-state index contributed by atoms with van der Waals surface area (Å²) in [6.07, 6.45) is 5.25. The Labute approximate surface area is 159 Å². The topological polar surface area (TPSA) is 110 Å². The number of aliphatic carboxylic acids is 1. The number of hydrogen-bond donors (Lipinski definition) is 2. The Kier molecular flexibility index (Phi) is 3.61. The number of carboxylic acids is 1. The Balaban J connectivity index is 1.39. The Morgan fingerprint density at radius 2 is 2.11 bits per heavy atom. The normalized spacial score (nSPS) is 18.8. The van der Waals surface area contributed by atoms with Crippen LogP contribution in [0.25, 0.3) is 11.5 Å². The maximum Gasteiger partial charge on any atom is 0.326 e. The van der Waals surface area contributed by atoms with Gasteiger partial charge in [0.25, 0.3) is 5.56 Å². The molecule has 0 bridgehead atoms. The maximum atomic E-state index is 12.9. The van der Waals surface area contributed by atoms with E-state index < -0.39 is 12.0 Å². The summed E-state index contributed by atoms with van der Waals surface area (Å²) in [5, 5.41) is 12.5. The molecule has 5 rings (SSSR count). The number of aromatic nitrogens is 3. The van der Waals surface area contributed by atoms with E-state index >= 15 is 0 Å². The highest BCUT2D eigenvalue weighted by atomic mass is 16.4. The summed E-state index contributed by atoms with van der Waals surface area (Å²) in [6, 6.07) is 8.68. The van der Waals surface area contributed by atoms with E-state index in [2.05, 4.69) is 15.3 Å². The van der Waals surface area contributed by atoms with E-state index in [9.17, 15) is 14.7 Å². The molecule has 2 aliphatic rings. The maximum absolute atomic E-state index is 12.9. The van der Waals surface area contributed by atoms with Crippen molar-refractivity contribution in [3.8, 4) is 11.5 Å². The van der Waals surface area contributed by atoms with Crippen LogP contribution >= 0.6 is 0 Å². The Morgan fingerprint density at radius 3 is 2.82 bits per heavy atom. The number of nitrogens with one attached hydrogen (secondary N) is 1. The smallest absolute Gasteiger partial charge is 0.326 e. The lowest BCUT2D eigenvalue weighted by molar-refractivity contribution is -0.140. The molecule has 2 N–H and O–H groups in total. The molecule has 1 aliphatic carbocycles. The fraction of sp³-hybridized carbons (Fsp3) is 0.300. The first kappa shape index (κ1) is 16.7. The molecule has 8 nitrogen and oxygen atoms in total. The summed E-state index contributed by atoms with van der Waals surface area (Å²) in [5.41, 5.74) is 1.19. The van der Waals surface area contributed by atoms with Gasteiger partial charge in [-0.05, 0) is 31.4 Å². The lowest BCUT2D eigenvalue weighted by Crippen LogP contribution is -2.30. The van der Waals surface area contributed by atoms with Crippen LogP contribution in [0.1, 0.15) is 36.8 Å². The first-order valence-corrected chi connectivity index (χ1v) is 9.16. The van der Waals surface area contributed by atoms with E-state index in [1.54, 1.807) is 0 Å². The van der Waals surface area contributed by atoms with E-state index in [1.807, 2.05) is 30.3 Å². The largest absolute Gasteiger partial charge is 0.480 e. The van der Waals surface area contributed by atoms with Crippen molar-refractivity contribution >= 4 is 11.7 Å². The summed E-state index contributed by atoms with van der Waals surface area (Å²) in [5.74, 6) is 0.112. The zero-order chi connectivity index (χ0) is 19.3. The third-order valence-electron chi connectivity index (χ3n) is 5.53. The van der Waals surface area contributed by atoms with Gasteiger partial charge >= 0.3 is 5.97 Å². The molecule has 2 aromatic heterocycles. The number of hydrogen-bond acceptors (Lipinski definition) is 6. The molecular formula is C20H18N4O4. The lowest BCUT2D eigenvalue weighted by atomic mass is 10.0. The van der Waals surface area contributed by atoms with Crippen molar-refractivity contribution in [3.05, 3.63) is 64.7 Å². The second-order valence-corrected chi connectivity index (χ2v) is 7.37. The van der Waals surface area contributed by atoms with Crippen LogP contribution in [-0.2, 0) is 16.8 Å². The highest BCUT2D eigenvalue weighted by Crippen LogP contribution is 2.56. The minimum absolute atomic E-state index is 0.225. The molecule has 28 heavy (non-hydrogen) atoms. The second-order valence-electron chi connectivity index (χ2n) is 7.37. The van der Waals surface area contributed by atoms with Crippen LogP contribution < -0.4 is 10.9 Å². The molecule has 1 spiro atoms. The van der Waals surface area contributed by atoms with Gasteiger partial charge in [-0.2, -0.15) is 0 Å². The molecule has 0 radical (unpaired) electrons. The molecule has 3 heterocycles. The van der Waals surface area contributed by atoms with E-state index in [0.717, 1.165) is 18.4 Å². The monoisotopic (exact) mass is 378 g/mol. The van der Waals surface area contributed by atoms with Gasteiger partial charge in [0.05, 0.1) is 18.4 Å². The average molecular weight is 378 g/mol. The predicted octanol–water partition coefficient (Wildman–Crippen LogP) is 2.57. The third-order valence-corrected chi connectivity index (χ3v) is 5.53. The van der Waals surface area contributed by atoms with Crippen LogP contribution in [0, 0.1) is 0 Å². The van der Waals surface area contributed by atoms with Gasteiger partial charge in [0.2, 0.25) is 5.89 Å². The quantitative estimate of drug-likeness (QED) is 0.702. The molecule has 8 heteroatoms. The molecule has 1 aromatic carbocycles. The van der Waals surface area contributed by atoms with E-state index in [0.29, 0.717) is 23.8 Å². The van der Waals surface area contributed by atoms with Gasteiger partial charge in [-0.25, -0.2) is 14.8 Å². The van der Waals surface area contributed by atoms with Crippen molar-refractivity contribution < 1.29 is 14.3 Å². The van der Waals surface area contributed by atoms with Gasteiger partial charge in [-0.15, -0.1) is 0 Å². The number of anilines is 1. The van der Waals surface area contributed by atoms with Gasteiger partial charge < -0.3 is 14.8 Å². The number of rotatable bonds is 5. The van der Waals surface area contributed by atoms with Crippen LogP contribution in [0.15, 0.2) is 52.0 Å². The number of carboxylic acid groups (broad SMARTS) is 1. The first-order valence-electron chi connectivity index (χ1n) is 9.16. The van der Waals surface area contributed by atoms with Gasteiger partial charge in [-0.1, -0.05) is 18.2 Å². The number of fused-ring (bicyclic) bond motifs is 2. The van der Waals surface area contributed by atoms with Crippen molar-refractivity contribution in [3.63, 3.8) is 0 Å². The molecule has 142 valence electrons. The van der Waals surface area contributed by atoms with Crippen molar-refractivity contribution in [1.82, 2.24) is 14.5 Å². The van der Waals surface area contributed by atoms with E-state index in [4.69, 9.17) is 4.42 Å². The summed E-state index contributed by atoms with van der Waals surface area (Å²) >= 11 is 0. The number of benzene rings is 1. The highest BCUT2D eigenvalue weighted by Gasteiger charge is 2.56. The number of carbonyl (C=O) groups is 1. The van der Waals surface area contributed by atoms with E-state index in [1.165, 1.54) is 17.0 Å². The van der Waals surface area contributed by atoms with Crippen LogP contribution in [0.3, 0.4) is 0 Å². The molecular weight excluding hydrogens is 360 g/mol. The molecule has 1 fully saturated rings. The van der Waals surface area contributed by atoms with Crippen LogP contribution in [-0.4, -0.2) is 25.6 Å². The van der Waals surface area contributed by atoms with Crippen molar-refractivity contribution in [2.75, 3.05) is 5.32 Å². The van der Waals surface area contributed by atoms with Gasteiger partial charge in [0.15, 0.2) is 0 Å².